The third-order valence-electron chi connectivity index (χ3n) is 2.16. The van der Waals surface area contributed by atoms with Gasteiger partial charge in [-0.15, -0.1) is 0 Å². The van der Waals surface area contributed by atoms with Gasteiger partial charge in [0.25, 0.3) is 10.0 Å². The van der Waals surface area contributed by atoms with E-state index < -0.39 is 20.7 Å². The van der Waals surface area contributed by atoms with E-state index in [0.717, 1.165) is 12.1 Å². The highest BCUT2D eigenvalue weighted by Crippen LogP contribution is 2.20. The molecule has 5 nitrogen and oxygen atoms in total. The predicted octanol–water partition coefficient (Wildman–Crippen LogP) is 1.60. The standard InChI is InChI=1S/C11H10FN3O2S/c12-10-4-3-8(13)6-11(10)18(16,17)15-9-2-1-5-14-7-9/h1-7,15H,13H2. The van der Waals surface area contributed by atoms with E-state index in [-0.39, 0.29) is 11.4 Å². The average molecular weight is 267 g/mol. The molecule has 1 aromatic heterocycles. The van der Waals surface area contributed by atoms with Crippen LogP contribution in [0.1, 0.15) is 0 Å². The van der Waals surface area contributed by atoms with Crippen molar-refractivity contribution in [2.24, 2.45) is 0 Å². The molecule has 1 heterocycles. The van der Waals surface area contributed by atoms with Gasteiger partial charge in [0.2, 0.25) is 0 Å². The van der Waals surface area contributed by atoms with E-state index >= 15 is 0 Å². The smallest absolute Gasteiger partial charge is 0.264 e. The molecule has 0 unspecified atom stereocenters. The second kappa shape index (κ2) is 4.61. The van der Waals surface area contributed by atoms with Crippen LogP contribution >= 0.6 is 0 Å². The lowest BCUT2D eigenvalue weighted by Gasteiger charge is -2.08. The Bertz CT molecular complexity index is 659. The molecular formula is C11H10FN3O2S. The molecule has 7 heteroatoms. The van der Waals surface area contributed by atoms with Crippen LogP contribution < -0.4 is 10.5 Å². The molecule has 0 amide bonds. The van der Waals surface area contributed by atoms with Crippen LogP contribution in [0.25, 0.3) is 0 Å². The maximum absolute atomic E-state index is 13.5. The van der Waals surface area contributed by atoms with Crippen molar-refractivity contribution in [2.45, 2.75) is 4.90 Å². The van der Waals surface area contributed by atoms with E-state index in [2.05, 4.69) is 9.71 Å². The molecule has 3 N–H and O–H groups in total. The summed E-state index contributed by atoms with van der Waals surface area (Å²) in [5, 5.41) is 0. The summed E-state index contributed by atoms with van der Waals surface area (Å²) >= 11 is 0. The highest BCUT2D eigenvalue weighted by Gasteiger charge is 2.19. The number of sulfonamides is 1. The lowest BCUT2D eigenvalue weighted by Crippen LogP contribution is -2.15. The van der Waals surface area contributed by atoms with Gasteiger partial charge >= 0.3 is 0 Å². The molecule has 1 aromatic carbocycles. The molecule has 0 saturated carbocycles. The van der Waals surface area contributed by atoms with E-state index in [4.69, 9.17) is 5.73 Å². The molecular weight excluding hydrogens is 257 g/mol. The average Bonchev–Trinajstić information content (AvgIpc) is 2.33. The minimum Gasteiger partial charge on any atom is -0.399 e. The van der Waals surface area contributed by atoms with Crippen LogP contribution in [-0.2, 0) is 10.0 Å². The first-order chi connectivity index (χ1) is 8.49. The summed E-state index contributed by atoms with van der Waals surface area (Å²) in [6.45, 7) is 0. The van der Waals surface area contributed by atoms with Gasteiger partial charge in [-0.25, -0.2) is 12.8 Å². The molecule has 2 rings (SSSR count). The van der Waals surface area contributed by atoms with Gasteiger partial charge in [0, 0.05) is 11.9 Å². The van der Waals surface area contributed by atoms with Crippen molar-refractivity contribution in [1.82, 2.24) is 4.98 Å². The third-order valence-corrected chi connectivity index (χ3v) is 3.55. The van der Waals surface area contributed by atoms with Crippen LogP contribution in [0.3, 0.4) is 0 Å². The number of pyridine rings is 1. The fourth-order valence-electron chi connectivity index (χ4n) is 1.36. The quantitative estimate of drug-likeness (QED) is 0.827. The maximum atomic E-state index is 13.5. The minimum absolute atomic E-state index is 0.169. The molecule has 0 aliphatic rings. The van der Waals surface area contributed by atoms with Crippen molar-refractivity contribution in [1.29, 1.82) is 0 Å². The van der Waals surface area contributed by atoms with Crippen molar-refractivity contribution in [3.63, 3.8) is 0 Å². The molecule has 0 bridgehead atoms. The number of aromatic nitrogens is 1. The largest absolute Gasteiger partial charge is 0.399 e. The Morgan fingerprint density at radius 1 is 1.28 bits per heavy atom. The molecule has 0 aliphatic heterocycles. The summed E-state index contributed by atoms with van der Waals surface area (Å²) in [6.07, 6.45) is 2.82. The fourth-order valence-corrected chi connectivity index (χ4v) is 2.52. The Hall–Kier alpha value is -2.15. The lowest BCUT2D eigenvalue weighted by atomic mass is 10.3. The number of nitrogens with two attached hydrogens (primary N) is 1. The first-order valence-corrected chi connectivity index (χ1v) is 6.45. The number of hydrogen-bond donors (Lipinski definition) is 2. The zero-order valence-electron chi connectivity index (χ0n) is 9.17. The van der Waals surface area contributed by atoms with Crippen molar-refractivity contribution in [3.8, 4) is 0 Å². The van der Waals surface area contributed by atoms with E-state index in [1.54, 1.807) is 6.07 Å². The number of anilines is 2. The summed E-state index contributed by atoms with van der Waals surface area (Å²) in [7, 11) is -4.01. The highest BCUT2D eigenvalue weighted by atomic mass is 32.2. The number of nitrogens with one attached hydrogen (secondary N) is 1. The Balaban J connectivity index is 2.40. The van der Waals surface area contributed by atoms with Gasteiger partial charge < -0.3 is 5.73 Å². The summed E-state index contributed by atoms with van der Waals surface area (Å²) in [5.74, 6) is -0.861. The van der Waals surface area contributed by atoms with Gasteiger partial charge in [-0.05, 0) is 30.3 Å². The molecule has 18 heavy (non-hydrogen) atoms. The summed E-state index contributed by atoms with van der Waals surface area (Å²) < 4.78 is 39.6. The van der Waals surface area contributed by atoms with Crippen LogP contribution in [0.15, 0.2) is 47.6 Å². The van der Waals surface area contributed by atoms with Gasteiger partial charge in [0.05, 0.1) is 11.9 Å². The Kier molecular flexibility index (Phi) is 3.15. The maximum Gasteiger partial charge on any atom is 0.264 e. The minimum atomic E-state index is -4.01. The molecule has 0 saturated heterocycles. The van der Waals surface area contributed by atoms with Crippen LogP contribution in [0, 0.1) is 5.82 Å². The van der Waals surface area contributed by atoms with Crippen molar-refractivity contribution < 1.29 is 12.8 Å². The number of benzene rings is 1. The van der Waals surface area contributed by atoms with Crippen LogP contribution in [-0.4, -0.2) is 13.4 Å². The van der Waals surface area contributed by atoms with Crippen LogP contribution in [0.5, 0.6) is 0 Å². The number of rotatable bonds is 3. The third kappa shape index (κ3) is 2.57. The molecule has 0 atom stereocenters. The molecule has 0 radical (unpaired) electrons. The lowest BCUT2D eigenvalue weighted by molar-refractivity contribution is 0.570. The molecule has 0 fully saturated rings. The van der Waals surface area contributed by atoms with E-state index in [1.807, 2.05) is 0 Å². The van der Waals surface area contributed by atoms with Crippen molar-refractivity contribution in [3.05, 3.63) is 48.5 Å². The van der Waals surface area contributed by atoms with Gasteiger partial charge in [-0.1, -0.05) is 0 Å². The second-order valence-electron chi connectivity index (χ2n) is 3.54. The Morgan fingerprint density at radius 2 is 2.06 bits per heavy atom. The number of nitrogen functional groups attached to an aromatic ring is 1. The normalized spacial score (nSPS) is 11.2. The van der Waals surface area contributed by atoms with E-state index in [1.165, 1.54) is 24.5 Å². The zero-order valence-corrected chi connectivity index (χ0v) is 9.99. The summed E-state index contributed by atoms with van der Waals surface area (Å²) in [4.78, 5) is 3.26. The number of halogens is 1. The fraction of sp³-hybridized carbons (Fsp3) is 0. The Morgan fingerprint density at radius 3 is 2.72 bits per heavy atom. The summed E-state index contributed by atoms with van der Waals surface area (Å²) in [5.41, 5.74) is 5.87. The van der Waals surface area contributed by atoms with Gasteiger partial charge in [-0.2, -0.15) is 0 Å². The van der Waals surface area contributed by atoms with Gasteiger partial charge in [0.1, 0.15) is 10.7 Å². The Labute approximate surface area is 104 Å². The topological polar surface area (TPSA) is 85.1 Å². The van der Waals surface area contributed by atoms with Crippen LogP contribution in [0.2, 0.25) is 0 Å². The summed E-state index contributed by atoms with van der Waals surface area (Å²) in [6, 6.07) is 6.43. The molecule has 0 spiro atoms. The SMILES string of the molecule is Nc1ccc(F)c(S(=O)(=O)Nc2cccnc2)c1. The van der Waals surface area contributed by atoms with Crippen molar-refractivity contribution >= 4 is 21.4 Å². The first-order valence-electron chi connectivity index (χ1n) is 4.97. The molecule has 94 valence electrons. The molecule has 0 aliphatic carbocycles. The molecule has 2 aromatic rings. The van der Waals surface area contributed by atoms with Crippen molar-refractivity contribution in [2.75, 3.05) is 10.5 Å². The van der Waals surface area contributed by atoms with Gasteiger partial charge in [0.15, 0.2) is 0 Å². The first kappa shape index (κ1) is 12.3. The van der Waals surface area contributed by atoms with E-state index in [0.29, 0.717) is 0 Å². The highest BCUT2D eigenvalue weighted by molar-refractivity contribution is 7.92. The van der Waals surface area contributed by atoms with Gasteiger partial charge in [-0.3, -0.25) is 9.71 Å². The van der Waals surface area contributed by atoms with Crippen LogP contribution in [0.4, 0.5) is 15.8 Å². The van der Waals surface area contributed by atoms with E-state index in [9.17, 15) is 12.8 Å². The monoisotopic (exact) mass is 267 g/mol. The predicted molar refractivity (Wildman–Crippen MR) is 65.9 cm³/mol. The second-order valence-corrected chi connectivity index (χ2v) is 5.19. The number of hydrogen-bond acceptors (Lipinski definition) is 4. The number of nitrogens with zero attached hydrogens (tertiary/aromatic N) is 1. The zero-order chi connectivity index (χ0) is 13.2.